The topological polar surface area (TPSA) is 50.9 Å². The first kappa shape index (κ1) is 12.8. The van der Waals surface area contributed by atoms with Crippen molar-refractivity contribution in [3.63, 3.8) is 0 Å². The van der Waals surface area contributed by atoms with Crippen LogP contribution in [0, 0.1) is 5.92 Å². The number of aromatic nitrogens is 3. The first-order chi connectivity index (χ1) is 8.72. The monoisotopic (exact) mass is 245 g/mol. The van der Waals surface area contributed by atoms with Crippen LogP contribution in [-0.2, 0) is 0 Å². The lowest BCUT2D eigenvalue weighted by Crippen LogP contribution is -2.10. The molecule has 4 nitrogen and oxygen atoms in total. The van der Waals surface area contributed by atoms with Crippen LogP contribution >= 0.6 is 0 Å². The molecule has 1 heterocycles. The zero-order valence-electron chi connectivity index (χ0n) is 10.8. The third-order valence-corrected chi connectivity index (χ3v) is 3.08. The summed E-state index contributed by atoms with van der Waals surface area (Å²) in [6.07, 6.45) is 3.15. The quantitative estimate of drug-likeness (QED) is 0.881. The van der Waals surface area contributed by atoms with Gasteiger partial charge in [0.2, 0.25) is 0 Å². The highest BCUT2D eigenvalue weighted by Crippen LogP contribution is 2.23. The van der Waals surface area contributed by atoms with Gasteiger partial charge in [0.25, 0.3) is 0 Å². The zero-order chi connectivity index (χ0) is 13.0. The number of aliphatic hydroxyl groups excluding tert-OH is 1. The van der Waals surface area contributed by atoms with Gasteiger partial charge in [-0.15, -0.1) is 0 Å². The highest BCUT2D eigenvalue weighted by atomic mass is 16.3. The van der Waals surface area contributed by atoms with Gasteiger partial charge in [0, 0.05) is 0 Å². The molecule has 96 valence electrons. The third-order valence-electron chi connectivity index (χ3n) is 3.08. The van der Waals surface area contributed by atoms with E-state index in [1.165, 1.54) is 0 Å². The number of benzene rings is 1. The molecule has 0 spiro atoms. The smallest absolute Gasteiger partial charge is 0.112 e. The summed E-state index contributed by atoms with van der Waals surface area (Å²) in [6.45, 7) is 4.15. The maximum Gasteiger partial charge on any atom is 0.112 e. The summed E-state index contributed by atoms with van der Waals surface area (Å²) in [5.41, 5.74) is 1.54. The summed E-state index contributed by atoms with van der Waals surface area (Å²) in [6, 6.07) is 9.70. The van der Waals surface area contributed by atoms with Crippen molar-refractivity contribution in [3.8, 4) is 5.69 Å². The Labute approximate surface area is 107 Å². The van der Waals surface area contributed by atoms with Crippen LogP contribution in [0.5, 0.6) is 0 Å². The molecular weight excluding hydrogens is 226 g/mol. The lowest BCUT2D eigenvalue weighted by Gasteiger charge is -2.15. The molecule has 0 saturated heterocycles. The average molecular weight is 245 g/mol. The van der Waals surface area contributed by atoms with Gasteiger partial charge in [-0.2, -0.15) is 15.0 Å². The first-order valence-corrected chi connectivity index (χ1v) is 6.38. The normalized spacial score (nSPS) is 14.4. The first-order valence-electron chi connectivity index (χ1n) is 6.38. The van der Waals surface area contributed by atoms with Crippen LogP contribution in [0.25, 0.3) is 5.69 Å². The molecule has 2 rings (SSSR count). The van der Waals surface area contributed by atoms with E-state index in [0.717, 1.165) is 18.5 Å². The maximum atomic E-state index is 10.2. The lowest BCUT2D eigenvalue weighted by molar-refractivity contribution is 0.108. The van der Waals surface area contributed by atoms with E-state index in [-0.39, 0.29) is 5.92 Å². The summed E-state index contributed by atoms with van der Waals surface area (Å²) in [4.78, 5) is 1.55. The van der Waals surface area contributed by atoms with Gasteiger partial charge in [0.1, 0.15) is 11.8 Å². The summed E-state index contributed by atoms with van der Waals surface area (Å²) in [5.74, 6) is 0.205. The van der Waals surface area contributed by atoms with Crippen molar-refractivity contribution >= 4 is 0 Å². The second-order valence-electron chi connectivity index (χ2n) is 4.61. The van der Waals surface area contributed by atoms with Crippen molar-refractivity contribution in [1.29, 1.82) is 0 Å². The van der Waals surface area contributed by atoms with Crippen molar-refractivity contribution in [2.24, 2.45) is 5.92 Å². The van der Waals surface area contributed by atoms with Gasteiger partial charge >= 0.3 is 0 Å². The third kappa shape index (κ3) is 2.76. The molecule has 0 saturated carbocycles. The van der Waals surface area contributed by atoms with Crippen LogP contribution in [0.1, 0.15) is 38.5 Å². The molecule has 2 aromatic rings. The number of nitrogens with zero attached hydrogens (tertiary/aromatic N) is 3. The minimum atomic E-state index is -0.539. The maximum absolute atomic E-state index is 10.2. The summed E-state index contributed by atoms with van der Waals surface area (Å²) in [5, 5.41) is 18.7. The highest BCUT2D eigenvalue weighted by molar-refractivity contribution is 5.28. The van der Waals surface area contributed by atoms with E-state index < -0.39 is 6.10 Å². The van der Waals surface area contributed by atoms with Gasteiger partial charge in [-0.1, -0.05) is 38.5 Å². The number of aliphatic hydroxyl groups is 1. The Morgan fingerprint density at radius 3 is 2.67 bits per heavy atom. The van der Waals surface area contributed by atoms with E-state index in [4.69, 9.17) is 0 Å². The summed E-state index contributed by atoms with van der Waals surface area (Å²) >= 11 is 0. The average Bonchev–Trinajstić information content (AvgIpc) is 2.89. The molecule has 2 atom stereocenters. The Balaban J connectivity index is 2.15. The molecule has 0 aliphatic carbocycles. The number of rotatable bonds is 5. The second-order valence-corrected chi connectivity index (χ2v) is 4.61. The van der Waals surface area contributed by atoms with Crippen molar-refractivity contribution in [1.82, 2.24) is 15.0 Å². The molecule has 0 fully saturated rings. The van der Waals surface area contributed by atoms with Crippen LogP contribution in [0.2, 0.25) is 0 Å². The van der Waals surface area contributed by atoms with E-state index in [1.807, 2.05) is 37.3 Å². The van der Waals surface area contributed by atoms with E-state index in [1.54, 1.807) is 11.0 Å². The molecule has 18 heavy (non-hydrogen) atoms. The van der Waals surface area contributed by atoms with Crippen LogP contribution in [0.3, 0.4) is 0 Å². The van der Waals surface area contributed by atoms with E-state index in [2.05, 4.69) is 17.1 Å². The summed E-state index contributed by atoms with van der Waals surface area (Å²) in [7, 11) is 0. The Morgan fingerprint density at radius 1 is 1.28 bits per heavy atom. The molecule has 1 N–H and O–H groups in total. The fourth-order valence-corrected chi connectivity index (χ4v) is 2.00. The van der Waals surface area contributed by atoms with Gasteiger partial charge in [-0.3, -0.25) is 0 Å². The Bertz CT molecular complexity index is 481. The predicted octanol–water partition coefficient (Wildman–Crippen LogP) is 2.74. The van der Waals surface area contributed by atoms with Crippen LogP contribution < -0.4 is 0 Å². The highest BCUT2D eigenvalue weighted by Gasteiger charge is 2.19. The predicted molar refractivity (Wildman–Crippen MR) is 70.4 cm³/mol. The molecule has 0 radical (unpaired) electrons. The van der Waals surface area contributed by atoms with Crippen molar-refractivity contribution in [2.45, 2.75) is 32.8 Å². The number of hydrogen-bond acceptors (Lipinski definition) is 3. The van der Waals surface area contributed by atoms with Crippen LogP contribution in [-0.4, -0.2) is 20.1 Å². The second kappa shape index (κ2) is 5.78. The molecule has 4 heteroatoms. The van der Waals surface area contributed by atoms with Crippen molar-refractivity contribution in [2.75, 3.05) is 0 Å². The van der Waals surface area contributed by atoms with Gasteiger partial charge < -0.3 is 5.11 Å². The molecule has 0 aliphatic heterocycles. The largest absolute Gasteiger partial charge is 0.386 e. The minimum Gasteiger partial charge on any atom is -0.386 e. The van der Waals surface area contributed by atoms with Gasteiger partial charge in [-0.25, -0.2) is 0 Å². The molecule has 2 unspecified atom stereocenters. The van der Waals surface area contributed by atoms with Gasteiger partial charge in [0.15, 0.2) is 0 Å². The lowest BCUT2D eigenvalue weighted by atomic mass is 9.98. The minimum absolute atomic E-state index is 0.205. The number of hydrogen-bond donors (Lipinski definition) is 1. The van der Waals surface area contributed by atoms with E-state index in [0.29, 0.717) is 5.69 Å². The molecular formula is C14H19N3O. The molecule has 0 bridgehead atoms. The fourth-order valence-electron chi connectivity index (χ4n) is 2.00. The van der Waals surface area contributed by atoms with Crippen molar-refractivity contribution < 1.29 is 5.11 Å². The SMILES string of the molecule is CCCC(C)C(O)c1cnn(-c2ccccc2)n1. The zero-order valence-corrected chi connectivity index (χ0v) is 10.8. The molecule has 0 aliphatic rings. The van der Waals surface area contributed by atoms with E-state index >= 15 is 0 Å². The molecule has 1 aromatic heterocycles. The van der Waals surface area contributed by atoms with Gasteiger partial charge in [-0.05, 0) is 24.5 Å². The van der Waals surface area contributed by atoms with Crippen molar-refractivity contribution in [3.05, 3.63) is 42.2 Å². The standard InChI is InChI=1S/C14H19N3O/c1-3-7-11(2)14(18)13-10-15-17(16-13)12-8-5-4-6-9-12/h4-6,8-11,14,18H,3,7H2,1-2H3. The van der Waals surface area contributed by atoms with Crippen LogP contribution in [0.4, 0.5) is 0 Å². The fraction of sp³-hybridized carbons (Fsp3) is 0.429. The number of para-hydroxylation sites is 1. The van der Waals surface area contributed by atoms with Gasteiger partial charge in [0.05, 0.1) is 11.9 Å². The molecule has 1 aromatic carbocycles. The van der Waals surface area contributed by atoms with Crippen LogP contribution in [0.15, 0.2) is 36.5 Å². The molecule has 0 amide bonds. The Kier molecular flexibility index (Phi) is 4.10. The van der Waals surface area contributed by atoms with E-state index in [9.17, 15) is 5.11 Å². The summed E-state index contributed by atoms with van der Waals surface area (Å²) < 4.78 is 0. The Morgan fingerprint density at radius 2 is 2.00 bits per heavy atom. The Hall–Kier alpha value is -1.68.